The average molecular weight is 249 g/mol. The van der Waals surface area contributed by atoms with Crippen molar-refractivity contribution in [3.05, 3.63) is 24.0 Å². The van der Waals surface area contributed by atoms with Crippen molar-refractivity contribution in [1.29, 1.82) is 0 Å². The number of nitrogens with one attached hydrogen (secondary N) is 1. The first-order chi connectivity index (χ1) is 8.66. The lowest BCUT2D eigenvalue weighted by atomic mass is 9.91. The van der Waals surface area contributed by atoms with Gasteiger partial charge in [0.05, 0.1) is 23.3 Å². The highest BCUT2D eigenvalue weighted by atomic mass is 19.1. The lowest BCUT2D eigenvalue weighted by Gasteiger charge is -2.38. The third-order valence-electron chi connectivity index (χ3n) is 3.90. The summed E-state index contributed by atoms with van der Waals surface area (Å²) in [5, 5.41) is 2.90. The second-order valence-corrected chi connectivity index (χ2v) is 4.96. The summed E-state index contributed by atoms with van der Waals surface area (Å²) in [7, 11) is 0. The van der Waals surface area contributed by atoms with Gasteiger partial charge in [-0.25, -0.2) is 4.39 Å². The Balaban J connectivity index is 1.93. The second-order valence-electron chi connectivity index (χ2n) is 4.96. The summed E-state index contributed by atoms with van der Waals surface area (Å²) >= 11 is 0. The molecular weight excluding hydrogens is 233 g/mol. The smallest absolute Gasteiger partial charge is 0.225 e. The number of hydrogen-bond acceptors (Lipinski definition) is 3. The SMILES string of the molecule is Nc1cc(F)ccc1N1CCCC2C(=O)NCC21. The Morgan fingerprint density at radius 1 is 1.44 bits per heavy atom. The van der Waals surface area contributed by atoms with E-state index in [1.54, 1.807) is 6.07 Å². The number of nitrogens with zero attached hydrogens (tertiary/aromatic N) is 1. The van der Waals surface area contributed by atoms with Crippen LogP contribution in [0.5, 0.6) is 0 Å². The Bertz CT molecular complexity index is 491. The van der Waals surface area contributed by atoms with E-state index in [2.05, 4.69) is 10.2 Å². The Morgan fingerprint density at radius 3 is 3.06 bits per heavy atom. The fourth-order valence-corrected chi connectivity index (χ4v) is 3.04. The van der Waals surface area contributed by atoms with Crippen LogP contribution in [0.1, 0.15) is 12.8 Å². The van der Waals surface area contributed by atoms with Gasteiger partial charge in [0.15, 0.2) is 0 Å². The molecule has 3 N–H and O–H groups in total. The van der Waals surface area contributed by atoms with Gasteiger partial charge in [0, 0.05) is 13.1 Å². The molecule has 2 atom stereocenters. The summed E-state index contributed by atoms with van der Waals surface area (Å²) in [6.45, 7) is 1.52. The number of amides is 1. The van der Waals surface area contributed by atoms with E-state index in [1.165, 1.54) is 12.1 Å². The molecule has 1 amide bonds. The zero-order chi connectivity index (χ0) is 12.7. The number of nitrogens with two attached hydrogens (primary N) is 1. The Morgan fingerprint density at radius 2 is 2.28 bits per heavy atom. The van der Waals surface area contributed by atoms with Gasteiger partial charge in [-0.2, -0.15) is 0 Å². The molecule has 18 heavy (non-hydrogen) atoms. The van der Waals surface area contributed by atoms with Gasteiger partial charge in [-0.3, -0.25) is 4.79 Å². The highest BCUT2D eigenvalue weighted by molar-refractivity contribution is 5.83. The van der Waals surface area contributed by atoms with Crippen molar-refractivity contribution in [3.8, 4) is 0 Å². The summed E-state index contributed by atoms with van der Waals surface area (Å²) in [6, 6.07) is 4.61. The molecule has 4 nitrogen and oxygen atoms in total. The molecular formula is C13H16FN3O. The van der Waals surface area contributed by atoms with E-state index in [0.717, 1.165) is 25.1 Å². The predicted molar refractivity (Wildman–Crippen MR) is 67.7 cm³/mol. The number of anilines is 2. The summed E-state index contributed by atoms with van der Waals surface area (Å²) in [5.74, 6) is -0.154. The van der Waals surface area contributed by atoms with E-state index >= 15 is 0 Å². The van der Waals surface area contributed by atoms with Gasteiger partial charge in [0.2, 0.25) is 5.91 Å². The van der Waals surface area contributed by atoms with Gasteiger partial charge in [-0.05, 0) is 31.0 Å². The minimum atomic E-state index is -0.328. The number of halogens is 1. The molecule has 0 aromatic heterocycles. The Labute approximate surface area is 105 Å². The Kier molecular flexibility index (Phi) is 2.61. The number of nitrogen functional groups attached to an aromatic ring is 1. The van der Waals surface area contributed by atoms with Crippen molar-refractivity contribution < 1.29 is 9.18 Å². The lowest BCUT2D eigenvalue weighted by molar-refractivity contribution is -0.122. The quantitative estimate of drug-likeness (QED) is 0.733. The molecule has 0 spiro atoms. The van der Waals surface area contributed by atoms with Crippen LogP contribution in [0.25, 0.3) is 0 Å². The molecule has 1 aromatic carbocycles. The van der Waals surface area contributed by atoms with Crippen LogP contribution >= 0.6 is 0 Å². The van der Waals surface area contributed by atoms with E-state index in [1.807, 2.05) is 0 Å². The van der Waals surface area contributed by atoms with E-state index in [9.17, 15) is 9.18 Å². The maximum absolute atomic E-state index is 13.1. The third kappa shape index (κ3) is 1.70. The normalized spacial score (nSPS) is 26.9. The molecule has 2 fully saturated rings. The zero-order valence-electron chi connectivity index (χ0n) is 10.0. The van der Waals surface area contributed by atoms with Crippen molar-refractivity contribution in [2.45, 2.75) is 18.9 Å². The molecule has 2 heterocycles. The maximum Gasteiger partial charge on any atom is 0.225 e. The fraction of sp³-hybridized carbons (Fsp3) is 0.462. The first kappa shape index (κ1) is 11.3. The highest BCUT2D eigenvalue weighted by Crippen LogP contribution is 2.34. The van der Waals surface area contributed by atoms with Gasteiger partial charge in [0.25, 0.3) is 0 Å². The van der Waals surface area contributed by atoms with Crippen molar-refractivity contribution in [3.63, 3.8) is 0 Å². The summed E-state index contributed by atoms with van der Waals surface area (Å²) in [5.41, 5.74) is 7.16. The molecule has 2 saturated heterocycles. The molecule has 0 aliphatic carbocycles. The van der Waals surface area contributed by atoms with Crippen LogP contribution in [0.3, 0.4) is 0 Å². The van der Waals surface area contributed by atoms with Crippen molar-refractivity contribution >= 4 is 17.3 Å². The number of carbonyl (C=O) groups is 1. The molecule has 96 valence electrons. The lowest BCUT2D eigenvalue weighted by Crippen LogP contribution is -2.46. The van der Waals surface area contributed by atoms with Crippen molar-refractivity contribution in [1.82, 2.24) is 5.32 Å². The van der Waals surface area contributed by atoms with Crippen LogP contribution in [0, 0.1) is 11.7 Å². The number of carbonyl (C=O) groups excluding carboxylic acids is 1. The molecule has 2 aliphatic heterocycles. The van der Waals surface area contributed by atoms with Crippen LogP contribution in [-0.4, -0.2) is 25.0 Å². The molecule has 0 bridgehead atoms. The number of hydrogen-bond donors (Lipinski definition) is 2. The van der Waals surface area contributed by atoms with Gasteiger partial charge >= 0.3 is 0 Å². The van der Waals surface area contributed by atoms with E-state index in [0.29, 0.717) is 12.2 Å². The maximum atomic E-state index is 13.1. The fourth-order valence-electron chi connectivity index (χ4n) is 3.04. The number of rotatable bonds is 1. The predicted octanol–water partition coefficient (Wildman–Crippen LogP) is 1.12. The molecule has 1 aromatic rings. The minimum Gasteiger partial charge on any atom is -0.397 e. The van der Waals surface area contributed by atoms with Crippen LogP contribution in [0.2, 0.25) is 0 Å². The molecule has 2 unspecified atom stereocenters. The molecule has 3 rings (SSSR count). The number of fused-ring (bicyclic) bond motifs is 1. The monoisotopic (exact) mass is 249 g/mol. The zero-order valence-corrected chi connectivity index (χ0v) is 10.0. The molecule has 5 heteroatoms. The van der Waals surface area contributed by atoms with Crippen LogP contribution in [0.4, 0.5) is 15.8 Å². The van der Waals surface area contributed by atoms with Crippen LogP contribution in [0.15, 0.2) is 18.2 Å². The first-order valence-electron chi connectivity index (χ1n) is 6.26. The van der Waals surface area contributed by atoms with Crippen LogP contribution < -0.4 is 16.0 Å². The first-order valence-corrected chi connectivity index (χ1v) is 6.26. The molecule has 2 aliphatic rings. The van der Waals surface area contributed by atoms with E-state index < -0.39 is 0 Å². The highest BCUT2D eigenvalue weighted by Gasteiger charge is 2.41. The standard InChI is InChI=1S/C13H16FN3O/c14-8-3-4-11(10(15)6-8)17-5-1-2-9-12(17)7-16-13(9)18/h3-4,6,9,12H,1-2,5,7,15H2,(H,16,18). The van der Waals surface area contributed by atoms with E-state index in [4.69, 9.17) is 5.73 Å². The summed E-state index contributed by atoms with van der Waals surface area (Å²) < 4.78 is 13.1. The van der Waals surface area contributed by atoms with Crippen molar-refractivity contribution in [2.24, 2.45) is 5.92 Å². The van der Waals surface area contributed by atoms with E-state index in [-0.39, 0.29) is 23.7 Å². The van der Waals surface area contributed by atoms with Gasteiger partial charge in [-0.15, -0.1) is 0 Å². The molecule has 0 radical (unpaired) electrons. The third-order valence-corrected chi connectivity index (χ3v) is 3.90. The van der Waals surface area contributed by atoms with Gasteiger partial charge < -0.3 is 16.0 Å². The number of benzene rings is 1. The van der Waals surface area contributed by atoms with Crippen molar-refractivity contribution in [2.75, 3.05) is 23.7 Å². The molecule has 0 saturated carbocycles. The summed E-state index contributed by atoms with van der Waals surface area (Å²) in [6.07, 6.45) is 1.89. The summed E-state index contributed by atoms with van der Waals surface area (Å²) in [4.78, 5) is 13.8. The minimum absolute atomic E-state index is 0.0446. The number of piperidine rings is 1. The Hall–Kier alpha value is -1.78. The van der Waals surface area contributed by atoms with Gasteiger partial charge in [0.1, 0.15) is 5.82 Å². The van der Waals surface area contributed by atoms with Crippen LogP contribution in [-0.2, 0) is 4.79 Å². The van der Waals surface area contributed by atoms with Gasteiger partial charge in [-0.1, -0.05) is 0 Å². The second kappa shape index (κ2) is 4.15. The largest absolute Gasteiger partial charge is 0.397 e. The topological polar surface area (TPSA) is 58.4 Å². The average Bonchev–Trinajstić information content (AvgIpc) is 2.72.